The quantitative estimate of drug-likeness (QED) is 0.553. The summed E-state index contributed by atoms with van der Waals surface area (Å²) in [5.74, 6) is 1.11. The van der Waals surface area contributed by atoms with Gasteiger partial charge in [0.05, 0.1) is 6.04 Å². The third kappa shape index (κ3) is 6.39. The Kier molecular flexibility index (Phi) is 8.82. The lowest BCUT2D eigenvalue weighted by Gasteiger charge is -2.37. The molecule has 2 heterocycles. The normalized spacial score (nSPS) is 15.4. The van der Waals surface area contributed by atoms with E-state index in [4.69, 9.17) is 16.3 Å². The Morgan fingerprint density at radius 3 is 2.72 bits per heavy atom. The van der Waals surface area contributed by atoms with Crippen LogP contribution in [-0.2, 0) is 11.2 Å². The van der Waals surface area contributed by atoms with Crippen LogP contribution >= 0.6 is 22.9 Å². The lowest BCUT2D eigenvalue weighted by Crippen LogP contribution is -2.50. The minimum Gasteiger partial charge on any atom is -0.491 e. The van der Waals surface area contributed by atoms with Gasteiger partial charge in [0, 0.05) is 29.5 Å². The van der Waals surface area contributed by atoms with Crippen LogP contribution in [0.1, 0.15) is 43.7 Å². The Morgan fingerprint density at radius 2 is 2.03 bits per heavy atom. The third-order valence-electron chi connectivity index (χ3n) is 5.55. The van der Waals surface area contributed by atoms with Gasteiger partial charge in [0.2, 0.25) is 5.91 Å². The monoisotopic (exact) mass is 477 g/mol. The van der Waals surface area contributed by atoms with Gasteiger partial charge in [-0.15, -0.1) is 11.3 Å². The molecule has 8 heteroatoms. The van der Waals surface area contributed by atoms with Crippen LogP contribution in [0.3, 0.4) is 0 Å². The SMILES string of the molecule is CCNC(=O)N(CCC(C)C)CC(=O)N1CCc2sccc2[C@H]1COc1ccc(Cl)cc1. The molecule has 1 aliphatic heterocycles. The van der Waals surface area contributed by atoms with Gasteiger partial charge in [-0.2, -0.15) is 0 Å². The molecule has 0 spiro atoms. The molecular formula is C24H32ClN3O3S. The van der Waals surface area contributed by atoms with Crippen LogP contribution in [-0.4, -0.2) is 54.5 Å². The molecule has 0 saturated heterocycles. The standard InChI is InChI=1S/C24H32ClN3O3S/c1-4-26-24(30)27(12-9-17(2)3)15-23(29)28-13-10-22-20(11-14-32-22)21(28)16-31-19-7-5-18(25)6-8-19/h5-8,11,14,17,21H,4,9-10,12-13,15-16H2,1-3H3,(H,26,30)/t21-/m1/s1. The van der Waals surface area contributed by atoms with Crippen LogP contribution in [0.15, 0.2) is 35.7 Å². The zero-order valence-corrected chi connectivity index (χ0v) is 20.5. The summed E-state index contributed by atoms with van der Waals surface area (Å²) in [4.78, 5) is 30.7. The molecule has 3 rings (SSSR count). The Hall–Kier alpha value is -2.25. The van der Waals surface area contributed by atoms with Gasteiger partial charge in [-0.05, 0) is 67.0 Å². The molecule has 32 heavy (non-hydrogen) atoms. The van der Waals surface area contributed by atoms with Gasteiger partial charge in [0.15, 0.2) is 0 Å². The van der Waals surface area contributed by atoms with Gasteiger partial charge in [-0.25, -0.2) is 4.79 Å². The van der Waals surface area contributed by atoms with Crippen LogP contribution in [0.5, 0.6) is 5.75 Å². The van der Waals surface area contributed by atoms with Crippen molar-refractivity contribution in [2.45, 2.75) is 39.7 Å². The molecule has 0 saturated carbocycles. The lowest BCUT2D eigenvalue weighted by molar-refractivity contribution is -0.135. The number of nitrogens with one attached hydrogen (secondary N) is 1. The third-order valence-corrected chi connectivity index (χ3v) is 6.80. The summed E-state index contributed by atoms with van der Waals surface area (Å²) in [5, 5.41) is 5.55. The second-order valence-corrected chi connectivity index (χ2v) is 9.79. The van der Waals surface area contributed by atoms with E-state index in [9.17, 15) is 9.59 Å². The number of fused-ring (bicyclic) bond motifs is 1. The summed E-state index contributed by atoms with van der Waals surface area (Å²) in [5.41, 5.74) is 1.13. The largest absolute Gasteiger partial charge is 0.491 e. The van der Waals surface area contributed by atoms with Crippen molar-refractivity contribution in [2.75, 3.05) is 32.8 Å². The highest BCUT2D eigenvalue weighted by Crippen LogP contribution is 2.34. The minimum atomic E-state index is -0.191. The van der Waals surface area contributed by atoms with E-state index in [0.717, 1.165) is 18.4 Å². The zero-order valence-electron chi connectivity index (χ0n) is 19.0. The van der Waals surface area contributed by atoms with E-state index in [1.54, 1.807) is 28.4 Å². The minimum absolute atomic E-state index is 0.0541. The first-order valence-electron chi connectivity index (χ1n) is 11.2. The highest BCUT2D eigenvalue weighted by Gasteiger charge is 2.33. The number of thiophene rings is 1. The molecule has 1 N–H and O–H groups in total. The highest BCUT2D eigenvalue weighted by atomic mass is 35.5. The molecule has 1 aromatic heterocycles. The Bertz CT molecular complexity index is 900. The summed E-state index contributed by atoms with van der Waals surface area (Å²) in [6, 6.07) is 8.93. The number of hydrogen-bond acceptors (Lipinski definition) is 4. The van der Waals surface area contributed by atoms with Gasteiger partial charge < -0.3 is 19.9 Å². The molecule has 2 aromatic rings. The zero-order chi connectivity index (χ0) is 23.1. The number of nitrogens with zero attached hydrogens (tertiary/aromatic N) is 2. The highest BCUT2D eigenvalue weighted by molar-refractivity contribution is 7.10. The Morgan fingerprint density at radius 1 is 1.28 bits per heavy atom. The van der Waals surface area contributed by atoms with Crippen molar-refractivity contribution in [1.29, 1.82) is 0 Å². The maximum atomic E-state index is 13.4. The average Bonchev–Trinajstić information content (AvgIpc) is 3.25. The van der Waals surface area contributed by atoms with Crippen molar-refractivity contribution in [3.05, 3.63) is 51.2 Å². The van der Waals surface area contributed by atoms with E-state index in [2.05, 4.69) is 30.6 Å². The lowest BCUT2D eigenvalue weighted by atomic mass is 10.0. The first-order chi connectivity index (χ1) is 15.4. The number of hydrogen-bond donors (Lipinski definition) is 1. The number of benzene rings is 1. The molecule has 0 fully saturated rings. The molecule has 0 bridgehead atoms. The van der Waals surface area contributed by atoms with Gasteiger partial charge in [-0.1, -0.05) is 25.4 Å². The Balaban J connectivity index is 1.74. The van der Waals surface area contributed by atoms with Crippen LogP contribution < -0.4 is 10.1 Å². The number of rotatable bonds is 9. The summed E-state index contributed by atoms with van der Waals surface area (Å²) < 4.78 is 6.04. The number of carbonyl (C=O) groups excluding carboxylic acids is 2. The Labute approximate surface area is 199 Å². The smallest absolute Gasteiger partial charge is 0.317 e. The van der Waals surface area contributed by atoms with E-state index in [-0.39, 0.29) is 24.5 Å². The van der Waals surface area contributed by atoms with Crippen molar-refractivity contribution in [3.8, 4) is 5.75 Å². The summed E-state index contributed by atoms with van der Waals surface area (Å²) in [7, 11) is 0. The molecular weight excluding hydrogens is 446 g/mol. The summed E-state index contributed by atoms with van der Waals surface area (Å²) in [6.07, 6.45) is 1.67. The maximum absolute atomic E-state index is 13.4. The molecule has 1 aliphatic rings. The molecule has 6 nitrogen and oxygen atoms in total. The van der Waals surface area contributed by atoms with E-state index < -0.39 is 0 Å². The first kappa shape index (κ1) is 24.4. The van der Waals surface area contributed by atoms with Crippen molar-refractivity contribution >= 4 is 34.9 Å². The number of urea groups is 1. The molecule has 1 atom stereocenters. The van der Waals surface area contributed by atoms with Gasteiger partial charge in [0.25, 0.3) is 0 Å². The number of carbonyl (C=O) groups is 2. The second-order valence-electron chi connectivity index (χ2n) is 8.36. The number of amides is 3. The first-order valence-corrected chi connectivity index (χ1v) is 12.4. The van der Waals surface area contributed by atoms with Crippen LogP contribution in [0.2, 0.25) is 5.02 Å². The fourth-order valence-electron chi connectivity index (χ4n) is 3.76. The van der Waals surface area contributed by atoms with Crippen LogP contribution in [0, 0.1) is 5.92 Å². The molecule has 0 unspecified atom stereocenters. The molecule has 1 aromatic carbocycles. The van der Waals surface area contributed by atoms with E-state index in [0.29, 0.717) is 42.9 Å². The van der Waals surface area contributed by atoms with Crippen molar-refractivity contribution in [3.63, 3.8) is 0 Å². The van der Waals surface area contributed by atoms with Gasteiger partial charge in [0.1, 0.15) is 18.9 Å². The molecule has 0 aliphatic carbocycles. The van der Waals surface area contributed by atoms with E-state index >= 15 is 0 Å². The van der Waals surface area contributed by atoms with Crippen LogP contribution in [0.4, 0.5) is 4.79 Å². The van der Waals surface area contributed by atoms with E-state index in [1.165, 1.54) is 4.88 Å². The van der Waals surface area contributed by atoms with Crippen molar-refractivity contribution in [1.82, 2.24) is 15.1 Å². The maximum Gasteiger partial charge on any atom is 0.317 e. The number of ether oxygens (including phenoxy) is 1. The average molecular weight is 478 g/mol. The van der Waals surface area contributed by atoms with Gasteiger partial charge in [-0.3, -0.25) is 4.79 Å². The van der Waals surface area contributed by atoms with Gasteiger partial charge >= 0.3 is 6.03 Å². The fourth-order valence-corrected chi connectivity index (χ4v) is 4.82. The predicted molar refractivity (Wildman–Crippen MR) is 130 cm³/mol. The summed E-state index contributed by atoms with van der Waals surface area (Å²) >= 11 is 7.69. The predicted octanol–water partition coefficient (Wildman–Crippen LogP) is 4.98. The number of halogens is 1. The van der Waals surface area contributed by atoms with Crippen LogP contribution in [0.25, 0.3) is 0 Å². The second kappa shape index (κ2) is 11.6. The van der Waals surface area contributed by atoms with E-state index in [1.807, 2.05) is 24.0 Å². The molecule has 0 radical (unpaired) electrons. The topological polar surface area (TPSA) is 61.9 Å². The molecule has 3 amide bonds. The summed E-state index contributed by atoms with van der Waals surface area (Å²) in [6.45, 7) is 8.24. The van der Waals surface area contributed by atoms with Crippen molar-refractivity contribution in [2.24, 2.45) is 5.92 Å². The molecule has 174 valence electrons. The van der Waals surface area contributed by atoms with Crippen molar-refractivity contribution < 1.29 is 14.3 Å². The fraction of sp³-hybridized carbons (Fsp3) is 0.500.